The van der Waals surface area contributed by atoms with Gasteiger partial charge < -0.3 is 13.3 Å². The van der Waals surface area contributed by atoms with Crippen LogP contribution in [0.1, 0.15) is 95.2 Å². The van der Waals surface area contributed by atoms with Crippen molar-refractivity contribution in [3.05, 3.63) is 108 Å². The molecule has 0 spiro atoms. The predicted molar refractivity (Wildman–Crippen MR) is 202 cm³/mol. The van der Waals surface area contributed by atoms with Crippen LogP contribution in [0.4, 0.5) is 0 Å². The van der Waals surface area contributed by atoms with Crippen molar-refractivity contribution in [2.24, 2.45) is 0 Å². The first kappa shape index (κ1) is 32.1. The monoisotopic (exact) mass is 636 g/mol. The smallest absolute Gasteiger partial charge is 0.149 e. The third-order valence-electron chi connectivity index (χ3n) is 9.85. The first-order valence-corrected chi connectivity index (χ1v) is 18.4. The maximum absolute atomic E-state index is 6.69. The zero-order valence-electron chi connectivity index (χ0n) is 28.9. The van der Waals surface area contributed by atoms with Crippen LogP contribution in [0, 0.1) is 0 Å². The van der Waals surface area contributed by atoms with Gasteiger partial charge in [-0.15, -0.1) is 0 Å². The molecule has 0 aliphatic carbocycles. The maximum Gasteiger partial charge on any atom is 0.149 e. The molecule has 7 rings (SSSR count). The van der Waals surface area contributed by atoms with E-state index in [0.717, 1.165) is 86.1 Å². The van der Waals surface area contributed by atoms with Crippen LogP contribution in [0.5, 0.6) is 0 Å². The number of rotatable bonds is 15. The number of benzene rings is 4. The van der Waals surface area contributed by atoms with Crippen molar-refractivity contribution in [1.29, 1.82) is 0 Å². The summed E-state index contributed by atoms with van der Waals surface area (Å²) in [5.41, 5.74) is 9.73. The number of unbranched alkanes of at least 4 members (excludes halogenated alkanes) is 6. The third kappa shape index (κ3) is 6.74. The van der Waals surface area contributed by atoms with Crippen molar-refractivity contribution in [3.63, 3.8) is 0 Å². The van der Waals surface area contributed by atoms with Gasteiger partial charge >= 0.3 is 0 Å². The lowest BCUT2D eigenvalue weighted by Crippen LogP contribution is -1.85. The molecular formula is C45H48O3. The van der Waals surface area contributed by atoms with E-state index in [-0.39, 0.29) is 0 Å². The van der Waals surface area contributed by atoms with E-state index in [4.69, 9.17) is 13.3 Å². The van der Waals surface area contributed by atoms with Gasteiger partial charge in [0, 0.05) is 16.7 Å². The summed E-state index contributed by atoms with van der Waals surface area (Å²) in [6, 6.07) is 33.0. The molecule has 4 aromatic carbocycles. The van der Waals surface area contributed by atoms with Crippen molar-refractivity contribution >= 4 is 32.9 Å². The summed E-state index contributed by atoms with van der Waals surface area (Å²) in [5.74, 6) is 2.52. The van der Waals surface area contributed by atoms with Gasteiger partial charge in [0.1, 0.15) is 34.0 Å². The standard InChI is InChI=1S/C45H48O3/c1-4-7-10-13-31-16-22-34(23-17-31)40-28-37-43(46-40)38-29-41(35-24-18-32(19-25-35)14-11-8-5-2)48-45(38)39-30-42(47-44(37)39)36-26-20-33(21-27-36)15-12-9-6-3/h16-30H,4-15H2,1-3H3. The van der Waals surface area contributed by atoms with Crippen LogP contribution in [-0.2, 0) is 19.3 Å². The van der Waals surface area contributed by atoms with E-state index in [1.165, 1.54) is 74.5 Å². The molecule has 0 fully saturated rings. The van der Waals surface area contributed by atoms with Crippen LogP contribution in [0.2, 0.25) is 0 Å². The molecular weight excluding hydrogens is 588 g/mol. The van der Waals surface area contributed by atoms with Gasteiger partial charge in [-0.25, -0.2) is 0 Å². The average Bonchev–Trinajstić information content (AvgIpc) is 3.87. The molecule has 7 aromatic rings. The summed E-state index contributed by atoms with van der Waals surface area (Å²) < 4.78 is 20.1. The topological polar surface area (TPSA) is 39.4 Å². The lowest BCUT2D eigenvalue weighted by atomic mass is 10.0. The van der Waals surface area contributed by atoms with Crippen molar-refractivity contribution < 1.29 is 13.3 Å². The van der Waals surface area contributed by atoms with E-state index in [1.807, 2.05) is 0 Å². The van der Waals surface area contributed by atoms with Crippen molar-refractivity contribution in [1.82, 2.24) is 0 Å². The molecule has 0 N–H and O–H groups in total. The Labute approximate surface area is 285 Å². The quantitative estimate of drug-likeness (QED) is 0.105. The number of furan rings is 3. The average molecular weight is 637 g/mol. The lowest BCUT2D eigenvalue weighted by Gasteiger charge is -2.02. The Morgan fingerprint density at radius 3 is 0.875 bits per heavy atom. The molecule has 0 aliphatic heterocycles. The van der Waals surface area contributed by atoms with Gasteiger partial charge in [0.05, 0.1) is 16.2 Å². The van der Waals surface area contributed by atoms with E-state index in [2.05, 4.69) is 112 Å². The van der Waals surface area contributed by atoms with Crippen molar-refractivity contribution in [2.45, 2.75) is 97.8 Å². The molecule has 246 valence electrons. The summed E-state index contributed by atoms with van der Waals surface area (Å²) in [6.07, 6.45) is 14.5. The molecule has 0 unspecified atom stereocenters. The van der Waals surface area contributed by atoms with Gasteiger partial charge in [-0.1, -0.05) is 132 Å². The predicted octanol–water partition coefficient (Wildman–Crippen LogP) is 14.1. The van der Waals surface area contributed by atoms with Gasteiger partial charge in [-0.2, -0.15) is 0 Å². The highest BCUT2D eigenvalue weighted by Gasteiger charge is 2.22. The van der Waals surface area contributed by atoms with Gasteiger partial charge in [-0.3, -0.25) is 0 Å². The Bertz CT molecular complexity index is 1740. The highest BCUT2D eigenvalue weighted by molar-refractivity contribution is 6.22. The maximum atomic E-state index is 6.69. The fraction of sp³-hybridized carbons (Fsp3) is 0.333. The molecule has 3 nitrogen and oxygen atoms in total. The highest BCUT2D eigenvalue weighted by Crippen LogP contribution is 2.44. The molecule has 0 bridgehead atoms. The van der Waals surface area contributed by atoms with Crippen LogP contribution >= 0.6 is 0 Å². The summed E-state index contributed by atoms with van der Waals surface area (Å²) in [4.78, 5) is 0. The first-order chi connectivity index (χ1) is 23.6. The van der Waals surface area contributed by atoms with E-state index < -0.39 is 0 Å². The van der Waals surface area contributed by atoms with E-state index in [0.29, 0.717) is 0 Å². The van der Waals surface area contributed by atoms with Crippen molar-refractivity contribution in [2.75, 3.05) is 0 Å². The molecule has 0 saturated heterocycles. The number of hydrogen-bond donors (Lipinski definition) is 0. The molecule has 3 heterocycles. The second kappa shape index (κ2) is 14.7. The molecule has 0 saturated carbocycles. The van der Waals surface area contributed by atoms with E-state index in [1.54, 1.807) is 0 Å². The fourth-order valence-corrected chi connectivity index (χ4v) is 6.95. The van der Waals surface area contributed by atoms with Crippen LogP contribution in [0.25, 0.3) is 66.9 Å². The van der Waals surface area contributed by atoms with Crippen molar-refractivity contribution in [3.8, 4) is 34.0 Å². The van der Waals surface area contributed by atoms with Gasteiger partial charge in [0.2, 0.25) is 0 Å². The van der Waals surface area contributed by atoms with E-state index >= 15 is 0 Å². The van der Waals surface area contributed by atoms with Crippen LogP contribution in [0.15, 0.2) is 104 Å². The molecule has 0 amide bonds. The second-order valence-electron chi connectivity index (χ2n) is 13.5. The number of fused-ring (bicyclic) bond motifs is 6. The van der Waals surface area contributed by atoms with Gasteiger partial charge in [0.15, 0.2) is 0 Å². The Kier molecular flexibility index (Phi) is 9.84. The van der Waals surface area contributed by atoms with Crippen LogP contribution in [-0.4, -0.2) is 0 Å². The normalized spacial score (nSPS) is 11.8. The molecule has 3 heteroatoms. The first-order valence-electron chi connectivity index (χ1n) is 18.4. The minimum Gasteiger partial charge on any atom is -0.455 e. The summed E-state index contributed by atoms with van der Waals surface area (Å²) in [6.45, 7) is 6.75. The Balaban J connectivity index is 1.30. The summed E-state index contributed by atoms with van der Waals surface area (Å²) >= 11 is 0. The largest absolute Gasteiger partial charge is 0.455 e. The molecule has 0 atom stereocenters. The second-order valence-corrected chi connectivity index (χ2v) is 13.5. The molecule has 0 radical (unpaired) electrons. The van der Waals surface area contributed by atoms with E-state index in [9.17, 15) is 0 Å². The SMILES string of the molecule is CCCCCc1ccc(-c2cc3c(o2)c2cc(-c4ccc(CCCCC)cc4)oc2c2cc(-c4ccc(CCCCC)cc4)oc32)cc1. The zero-order chi connectivity index (χ0) is 32.9. The Morgan fingerprint density at radius 2 is 0.625 bits per heavy atom. The van der Waals surface area contributed by atoms with Crippen LogP contribution in [0.3, 0.4) is 0 Å². The minimum absolute atomic E-state index is 0.804. The molecule has 0 aliphatic rings. The zero-order valence-corrected chi connectivity index (χ0v) is 28.9. The lowest BCUT2D eigenvalue weighted by molar-refractivity contribution is 0.623. The Hall–Kier alpha value is -4.50. The fourth-order valence-electron chi connectivity index (χ4n) is 6.95. The Morgan fingerprint density at radius 1 is 0.354 bits per heavy atom. The number of aryl methyl sites for hydroxylation is 3. The minimum atomic E-state index is 0.804. The van der Waals surface area contributed by atoms with Gasteiger partial charge in [0.25, 0.3) is 0 Å². The summed E-state index contributed by atoms with van der Waals surface area (Å²) in [7, 11) is 0. The van der Waals surface area contributed by atoms with Crippen LogP contribution < -0.4 is 0 Å². The summed E-state index contributed by atoms with van der Waals surface area (Å²) in [5, 5.41) is 2.92. The third-order valence-corrected chi connectivity index (χ3v) is 9.85. The number of hydrogen-bond acceptors (Lipinski definition) is 3. The van der Waals surface area contributed by atoms with Gasteiger partial charge in [-0.05, 0) is 73.4 Å². The molecule has 3 aromatic heterocycles. The molecule has 48 heavy (non-hydrogen) atoms. The highest BCUT2D eigenvalue weighted by atomic mass is 16.4.